The van der Waals surface area contributed by atoms with Crippen molar-refractivity contribution in [2.45, 2.75) is 19.3 Å². The van der Waals surface area contributed by atoms with E-state index in [9.17, 15) is 5.11 Å². The summed E-state index contributed by atoms with van der Waals surface area (Å²) in [5, 5.41) is 9.44. The van der Waals surface area contributed by atoms with Gasteiger partial charge in [-0.05, 0) is 25.0 Å². The average Bonchev–Trinajstić information content (AvgIpc) is 2.52. The summed E-state index contributed by atoms with van der Waals surface area (Å²) in [5.74, 6) is 0.999. The van der Waals surface area contributed by atoms with E-state index in [4.69, 9.17) is 4.74 Å². The first-order chi connectivity index (χ1) is 10.3. The Kier molecular flexibility index (Phi) is 5.59. The van der Waals surface area contributed by atoms with Gasteiger partial charge in [-0.25, -0.2) is 0 Å². The number of ether oxygens (including phenoxy) is 1. The van der Waals surface area contributed by atoms with E-state index < -0.39 is 0 Å². The molecule has 2 aromatic rings. The van der Waals surface area contributed by atoms with Gasteiger partial charge in [0.1, 0.15) is 12.4 Å². The smallest absolute Gasteiger partial charge is 0.123 e. The highest BCUT2D eigenvalue weighted by atomic mass is 16.5. The predicted octanol–water partition coefficient (Wildman–Crippen LogP) is 4.07. The van der Waals surface area contributed by atoms with Crippen LogP contribution in [0.1, 0.15) is 29.0 Å². The molecule has 2 aromatic carbocycles. The SMILES string of the molecule is C=CCOc1ccc(C)cc1C(CCO)c1ccccc1. The summed E-state index contributed by atoms with van der Waals surface area (Å²) >= 11 is 0. The van der Waals surface area contributed by atoms with E-state index in [2.05, 4.69) is 31.7 Å². The van der Waals surface area contributed by atoms with Gasteiger partial charge in [0.15, 0.2) is 0 Å². The minimum atomic E-state index is 0.135. The van der Waals surface area contributed by atoms with E-state index in [1.165, 1.54) is 11.1 Å². The summed E-state index contributed by atoms with van der Waals surface area (Å²) < 4.78 is 5.79. The number of aliphatic hydroxyl groups excluding tert-OH is 1. The molecule has 2 heteroatoms. The van der Waals surface area contributed by atoms with Crippen LogP contribution in [0.25, 0.3) is 0 Å². The zero-order valence-corrected chi connectivity index (χ0v) is 12.5. The standard InChI is InChI=1S/C19H22O2/c1-3-13-21-19-10-9-15(2)14-18(19)17(11-12-20)16-7-5-4-6-8-16/h3-10,14,17,20H,1,11-13H2,2H3. The number of aliphatic hydroxyl groups is 1. The zero-order chi connectivity index (χ0) is 15.1. The normalized spacial score (nSPS) is 11.9. The lowest BCUT2D eigenvalue weighted by molar-refractivity contribution is 0.279. The number of hydrogen-bond acceptors (Lipinski definition) is 2. The van der Waals surface area contributed by atoms with Crippen LogP contribution in [0.4, 0.5) is 0 Å². The molecule has 1 atom stereocenters. The molecule has 0 aromatic heterocycles. The molecule has 0 heterocycles. The molecule has 1 N–H and O–H groups in total. The quantitative estimate of drug-likeness (QED) is 0.776. The van der Waals surface area contributed by atoms with Gasteiger partial charge in [-0.15, -0.1) is 0 Å². The summed E-state index contributed by atoms with van der Waals surface area (Å²) in [6.45, 7) is 6.40. The lowest BCUT2D eigenvalue weighted by Crippen LogP contribution is -2.07. The number of rotatable bonds is 7. The molecule has 2 nitrogen and oxygen atoms in total. The molecular formula is C19H22O2. The van der Waals surface area contributed by atoms with Gasteiger partial charge in [0.2, 0.25) is 0 Å². The Morgan fingerprint density at radius 1 is 1.19 bits per heavy atom. The third-order valence-corrected chi connectivity index (χ3v) is 3.52. The van der Waals surface area contributed by atoms with Crippen molar-refractivity contribution in [2.75, 3.05) is 13.2 Å². The Labute approximate surface area is 126 Å². The van der Waals surface area contributed by atoms with Crippen LogP contribution in [0.3, 0.4) is 0 Å². The van der Waals surface area contributed by atoms with Crippen LogP contribution in [0.2, 0.25) is 0 Å². The Morgan fingerprint density at radius 3 is 2.62 bits per heavy atom. The predicted molar refractivity (Wildman–Crippen MR) is 86.9 cm³/mol. The molecule has 0 aliphatic carbocycles. The van der Waals surface area contributed by atoms with E-state index in [0.29, 0.717) is 13.0 Å². The zero-order valence-electron chi connectivity index (χ0n) is 12.5. The van der Waals surface area contributed by atoms with Gasteiger partial charge in [0.05, 0.1) is 0 Å². The number of benzene rings is 2. The van der Waals surface area contributed by atoms with Crippen molar-refractivity contribution in [2.24, 2.45) is 0 Å². The molecule has 21 heavy (non-hydrogen) atoms. The summed E-state index contributed by atoms with van der Waals surface area (Å²) in [5.41, 5.74) is 3.51. The molecule has 0 fully saturated rings. The minimum Gasteiger partial charge on any atom is -0.489 e. The fourth-order valence-electron chi connectivity index (χ4n) is 2.54. The average molecular weight is 282 g/mol. The van der Waals surface area contributed by atoms with Crippen molar-refractivity contribution >= 4 is 0 Å². The minimum absolute atomic E-state index is 0.135. The van der Waals surface area contributed by atoms with Gasteiger partial charge < -0.3 is 9.84 Å². The Balaban J connectivity index is 2.43. The van der Waals surface area contributed by atoms with Crippen LogP contribution < -0.4 is 4.74 Å². The Morgan fingerprint density at radius 2 is 1.95 bits per heavy atom. The maximum atomic E-state index is 9.44. The molecule has 0 saturated carbocycles. The molecular weight excluding hydrogens is 260 g/mol. The maximum Gasteiger partial charge on any atom is 0.123 e. The largest absolute Gasteiger partial charge is 0.489 e. The monoisotopic (exact) mass is 282 g/mol. The van der Waals surface area contributed by atoms with Gasteiger partial charge in [-0.1, -0.05) is 60.7 Å². The van der Waals surface area contributed by atoms with E-state index in [0.717, 1.165) is 11.3 Å². The highest BCUT2D eigenvalue weighted by Crippen LogP contribution is 2.35. The van der Waals surface area contributed by atoms with E-state index in [1.54, 1.807) is 6.08 Å². The number of aryl methyl sites for hydroxylation is 1. The van der Waals surface area contributed by atoms with Gasteiger partial charge in [0, 0.05) is 18.1 Å². The van der Waals surface area contributed by atoms with E-state index >= 15 is 0 Å². The molecule has 110 valence electrons. The summed E-state index contributed by atoms with van der Waals surface area (Å²) in [6.07, 6.45) is 2.42. The topological polar surface area (TPSA) is 29.5 Å². The molecule has 0 aliphatic heterocycles. The molecule has 0 aliphatic rings. The Hall–Kier alpha value is -2.06. The molecule has 0 amide bonds. The van der Waals surface area contributed by atoms with E-state index in [-0.39, 0.29) is 12.5 Å². The van der Waals surface area contributed by atoms with Gasteiger partial charge in [-0.3, -0.25) is 0 Å². The van der Waals surface area contributed by atoms with Gasteiger partial charge in [0.25, 0.3) is 0 Å². The number of hydrogen-bond donors (Lipinski definition) is 1. The lowest BCUT2D eigenvalue weighted by atomic mass is 9.87. The van der Waals surface area contributed by atoms with Crippen molar-refractivity contribution in [1.29, 1.82) is 0 Å². The van der Waals surface area contributed by atoms with E-state index in [1.807, 2.05) is 30.3 Å². The molecule has 2 rings (SSSR count). The molecule has 0 saturated heterocycles. The second kappa shape index (κ2) is 7.65. The molecule has 1 unspecified atom stereocenters. The van der Waals surface area contributed by atoms with Crippen LogP contribution in [-0.2, 0) is 0 Å². The van der Waals surface area contributed by atoms with Crippen molar-refractivity contribution in [3.63, 3.8) is 0 Å². The fourth-order valence-corrected chi connectivity index (χ4v) is 2.54. The van der Waals surface area contributed by atoms with Gasteiger partial charge >= 0.3 is 0 Å². The third kappa shape index (κ3) is 3.96. The highest BCUT2D eigenvalue weighted by molar-refractivity contribution is 5.44. The lowest BCUT2D eigenvalue weighted by Gasteiger charge is -2.21. The van der Waals surface area contributed by atoms with Crippen LogP contribution in [-0.4, -0.2) is 18.3 Å². The maximum absolute atomic E-state index is 9.44. The first-order valence-electron chi connectivity index (χ1n) is 7.26. The summed E-state index contributed by atoms with van der Waals surface area (Å²) in [4.78, 5) is 0. The first-order valence-corrected chi connectivity index (χ1v) is 7.26. The highest BCUT2D eigenvalue weighted by Gasteiger charge is 2.18. The molecule has 0 bridgehead atoms. The van der Waals surface area contributed by atoms with Crippen molar-refractivity contribution in [3.8, 4) is 5.75 Å². The van der Waals surface area contributed by atoms with Gasteiger partial charge in [-0.2, -0.15) is 0 Å². The molecule has 0 spiro atoms. The third-order valence-electron chi connectivity index (χ3n) is 3.52. The van der Waals surface area contributed by atoms with Crippen LogP contribution in [0.5, 0.6) is 5.75 Å². The Bertz CT molecular complexity index is 575. The fraction of sp³-hybridized carbons (Fsp3) is 0.263. The van der Waals surface area contributed by atoms with Crippen LogP contribution in [0, 0.1) is 6.92 Å². The second-order valence-corrected chi connectivity index (χ2v) is 5.12. The van der Waals surface area contributed by atoms with Crippen molar-refractivity contribution < 1.29 is 9.84 Å². The summed E-state index contributed by atoms with van der Waals surface area (Å²) in [7, 11) is 0. The first kappa shape index (κ1) is 15.3. The van der Waals surface area contributed by atoms with Crippen LogP contribution >= 0.6 is 0 Å². The summed E-state index contributed by atoms with van der Waals surface area (Å²) in [6, 6.07) is 16.4. The second-order valence-electron chi connectivity index (χ2n) is 5.12. The van der Waals surface area contributed by atoms with Crippen molar-refractivity contribution in [1.82, 2.24) is 0 Å². The molecule has 0 radical (unpaired) electrons. The van der Waals surface area contributed by atoms with Crippen molar-refractivity contribution in [3.05, 3.63) is 77.9 Å². The van der Waals surface area contributed by atoms with Crippen LogP contribution in [0.15, 0.2) is 61.2 Å².